The molecule has 2 atom stereocenters. The SMILES string of the molecule is O=C(O)CCCCCCN1C(=O)SCC[C@@H]1CC[C@@H](O)Cc1ccccc1. The largest absolute Gasteiger partial charge is 0.481 e. The average molecular weight is 394 g/mol. The quantitative estimate of drug-likeness (QED) is 0.517. The number of hydrogen-bond acceptors (Lipinski definition) is 4. The van der Waals surface area contributed by atoms with Crippen LogP contribution in [-0.2, 0) is 11.2 Å². The van der Waals surface area contributed by atoms with Gasteiger partial charge in [-0.1, -0.05) is 54.9 Å². The standard InChI is InChI=1S/C21H31NO4S/c23-19(16-17-8-4-3-5-9-17)12-11-18-13-15-27-21(26)22(18)14-7-2-1-6-10-20(24)25/h3-5,8-9,18-19,23H,1-2,6-7,10-16H2,(H,24,25)/t18-,19+/m0/s1. The summed E-state index contributed by atoms with van der Waals surface area (Å²) in [4.78, 5) is 24.8. The molecule has 6 heteroatoms. The van der Waals surface area contributed by atoms with Gasteiger partial charge in [0.05, 0.1) is 6.10 Å². The van der Waals surface area contributed by atoms with Gasteiger partial charge in [-0.15, -0.1) is 0 Å². The van der Waals surface area contributed by atoms with Crippen molar-refractivity contribution in [1.29, 1.82) is 0 Å². The van der Waals surface area contributed by atoms with Crippen LogP contribution in [0.4, 0.5) is 4.79 Å². The highest BCUT2D eigenvalue weighted by molar-refractivity contribution is 8.13. The van der Waals surface area contributed by atoms with Crippen LogP contribution in [0.3, 0.4) is 0 Å². The van der Waals surface area contributed by atoms with Gasteiger partial charge in [0, 0.05) is 24.8 Å². The Hall–Kier alpha value is -1.53. The fraction of sp³-hybridized carbons (Fsp3) is 0.619. The molecule has 0 spiro atoms. The lowest BCUT2D eigenvalue weighted by Crippen LogP contribution is -2.43. The van der Waals surface area contributed by atoms with E-state index in [4.69, 9.17) is 5.11 Å². The molecule has 2 N–H and O–H groups in total. The minimum Gasteiger partial charge on any atom is -0.481 e. The number of hydrogen-bond donors (Lipinski definition) is 2. The molecule has 0 radical (unpaired) electrons. The van der Waals surface area contributed by atoms with Crippen molar-refractivity contribution in [2.75, 3.05) is 12.3 Å². The predicted octanol–water partition coefficient (Wildman–Crippen LogP) is 4.33. The van der Waals surface area contributed by atoms with Gasteiger partial charge in [0.15, 0.2) is 0 Å². The van der Waals surface area contributed by atoms with Crippen LogP contribution >= 0.6 is 11.8 Å². The lowest BCUT2D eigenvalue weighted by molar-refractivity contribution is -0.137. The van der Waals surface area contributed by atoms with E-state index in [-0.39, 0.29) is 23.8 Å². The summed E-state index contributed by atoms with van der Waals surface area (Å²) in [5, 5.41) is 19.2. The monoisotopic (exact) mass is 393 g/mol. The molecule has 1 aliphatic heterocycles. The van der Waals surface area contributed by atoms with Gasteiger partial charge in [-0.25, -0.2) is 0 Å². The molecule has 2 rings (SSSR count). The van der Waals surface area contributed by atoms with Crippen LogP contribution in [0.1, 0.15) is 56.9 Å². The topological polar surface area (TPSA) is 77.8 Å². The maximum Gasteiger partial charge on any atom is 0.303 e. The van der Waals surface area contributed by atoms with Gasteiger partial charge >= 0.3 is 5.97 Å². The lowest BCUT2D eigenvalue weighted by Gasteiger charge is -2.35. The van der Waals surface area contributed by atoms with Crippen LogP contribution in [0.2, 0.25) is 0 Å². The van der Waals surface area contributed by atoms with Crippen LogP contribution < -0.4 is 0 Å². The predicted molar refractivity (Wildman–Crippen MR) is 109 cm³/mol. The van der Waals surface area contributed by atoms with E-state index < -0.39 is 5.97 Å². The highest BCUT2D eigenvalue weighted by Crippen LogP contribution is 2.27. The van der Waals surface area contributed by atoms with Gasteiger partial charge in [-0.05, 0) is 44.1 Å². The number of rotatable bonds is 12. The molecule has 0 saturated carbocycles. The molecule has 0 unspecified atom stereocenters. The molecule has 1 aromatic rings. The number of carbonyl (C=O) groups excluding carboxylic acids is 1. The van der Waals surface area contributed by atoms with E-state index in [1.54, 1.807) is 0 Å². The van der Waals surface area contributed by atoms with Crippen molar-refractivity contribution in [3.63, 3.8) is 0 Å². The fourth-order valence-corrected chi connectivity index (χ4v) is 4.50. The first kappa shape index (κ1) is 21.8. The number of aliphatic carboxylic acids is 1. The summed E-state index contributed by atoms with van der Waals surface area (Å²) in [6.07, 6.45) is 6.46. The van der Waals surface area contributed by atoms with Crippen molar-refractivity contribution in [2.45, 2.75) is 69.9 Å². The van der Waals surface area contributed by atoms with E-state index in [0.29, 0.717) is 19.3 Å². The Bertz CT molecular complexity index is 581. The molecule has 1 fully saturated rings. The number of carbonyl (C=O) groups is 2. The third-order valence-corrected chi connectivity index (χ3v) is 5.96. The first-order valence-electron chi connectivity index (χ1n) is 9.93. The zero-order valence-electron chi connectivity index (χ0n) is 15.9. The van der Waals surface area contributed by atoms with Crippen molar-refractivity contribution >= 4 is 23.0 Å². The number of aliphatic hydroxyl groups excluding tert-OH is 1. The maximum atomic E-state index is 12.3. The third kappa shape index (κ3) is 8.35. The van der Waals surface area contributed by atoms with Crippen molar-refractivity contribution in [3.05, 3.63) is 35.9 Å². The first-order valence-corrected chi connectivity index (χ1v) is 10.9. The van der Waals surface area contributed by atoms with Crippen LogP contribution in [0, 0.1) is 0 Å². The average Bonchev–Trinajstić information content (AvgIpc) is 2.65. The van der Waals surface area contributed by atoms with E-state index in [9.17, 15) is 14.7 Å². The Morgan fingerprint density at radius 1 is 1.19 bits per heavy atom. The minimum atomic E-state index is -0.744. The van der Waals surface area contributed by atoms with E-state index >= 15 is 0 Å². The molecule has 0 bridgehead atoms. The molecule has 1 amide bonds. The first-order chi connectivity index (χ1) is 13.1. The van der Waals surface area contributed by atoms with Crippen molar-refractivity contribution in [1.82, 2.24) is 4.90 Å². The maximum absolute atomic E-state index is 12.3. The number of carboxylic acid groups (broad SMARTS) is 1. The summed E-state index contributed by atoms with van der Waals surface area (Å²) in [6, 6.07) is 10.2. The molecular formula is C21H31NO4S. The fourth-order valence-electron chi connectivity index (χ4n) is 3.53. The molecule has 5 nitrogen and oxygen atoms in total. The molecule has 27 heavy (non-hydrogen) atoms. The Morgan fingerprint density at radius 3 is 2.67 bits per heavy atom. The van der Waals surface area contributed by atoms with Gasteiger partial charge in [-0.2, -0.15) is 0 Å². The number of amides is 1. The molecule has 0 aliphatic carbocycles. The van der Waals surface area contributed by atoms with Crippen molar-refractivity contribution in [3.8, 4) is 0 Å². The minimum absolute atomic E-state index is 0.148. The number of carboxylic acids is 1. The highest BCUT2D eigenvalue weighted by atomic mass is 32.2. The molecule has 0 aromatic heterocycles. The summed E-state index contributed by atoms with van der Waals surface area (Å²) >= 11 is 1.39. The lowest BCUT2D eigenvalue weighted by atomic mass is 9.99. The molecule has 150 valence electrons. The molecule has 1 heterocycles. The van der Waals surface area contributed by atoms with E-state index in [0.717, 1.165) is 50.0 Å². The second kappa shape index (κ2) is 12.0. The summed E-state index contributed by atoms with van der Waals surface area (Å²) in [6.45, 7) is 0.734. The summed E-state index contributed by atoms with van der Waals surface area (Å²) in [5.74, 6) is 0.111. The third-order valence-electron chi connectivity index (χ3n) is 5.04. The van der Waals surface area contributed by atoms with Crippen LogP contribution in [0.25, 0.3) is 0 Å². The second-order valence-corrected chi connectivity index (χ2v) is 8.28. The van der Waals surface area contributed by atoms with E-state index in [2.05, 4.69) is 0 Å². The Kier molecular flexibility index (Phi) is 9.70. The zero-order chi connectivity index (χ0) is 19.5. The van der Waals surface area contributed by atoms with Gasteiger partial charge in [-0.3, -0.25) is 9.59 Å². The van der Waals surface area contributed by atoms with E-state index in [1.165, 1.54) is 11.8 Å². The highest BCUT2D eigenvalue weighted by Gasteiger charge is 2.28. The number of aliphatic hydroxyl groups is 1. The molecule has 1 saturated heterocycles. The van der Waals surface area contributed by atoms with Crippen LogP contribution in [0.15, 0.2) is 30.3 Å². The van der Waals surface area contributed by atoms with Crippen LogP contribution in [0.5, 0.6) is 0 Å². The number of unbranched alkanes of at least 4 members (excludes halogenated alkanes) is 3. The van der Waals surface area contributed by atoms with E-state index in [1.807, 2.05) is 35.2 Å². The second-order valence-electron chi connectivity index (χ2n) is 7.23. The normalized spacial score (nSPS) is 18.5. The molecular weight excluding hydrogens is 362 g/mol. The number of thioether (sulfide) groups is 1. The van der Waals surface area contributed by atoms with Crippen molar-refractivity contribution in [2.24, 2.45) is 0 Å². The Morgan fingerprint density at radius 2 is 1.93 bits per heavy atom. The number of nitrogens with zero attached hydrogens (tertiary/aromatic N) is 1. The Balaban J connectivity index is 1.72. The van der Waals surface area contributed by atoms with Gasteiger partial charge in [0.1, 0.15) is 0 Å². The summed E-state index contributed by atoms with van der Waals surface area (Å²) in [5.41, 5.74) is 1.14. The molecule has 1 aliphatic rings. The van der Waals surface area contributed by atoms with Gasteiger partial charge in [0.2, 0.25) is 0 Å². The van der Waals surface area contributed by atoms with Crippen molar-refractivity contribution < 1.29 is 19.8 Å². The van der Waals surface area contributed by atoms with Gasteiger partial charge < -0.3 is 15.1 Å². The smallest absolute Gasteiger partial charge is 0.303 e. The molecule has 1 aromatic carbocycles. The van der Waals surface area contributed by atoms with Crippen LogP contribution in [-0.4, -0.2) is 50.8 Å². The Labute approximate surface area is 166 Å². The summed E-state index contributed by atoms with van der Waals surface area (Å²) in [7, 11) is 0. The van der Waals surface area contributed by atoms with Gasteiger partial charge in [0.25, 0.3) is 5.24 Å². The zero-order valence-corrected chi connectivity index (χ0v) is 16.7. The number of benzene rings is 1. The summed E-state index contributed by atoms with van der Waals surface area (Å²) < 4.78 is 0.